The van der Waals surface area contributed by atoms with Gasteiger partial charge in [-0.2, -0.15) is 4.58 Å². The molecule has 0 amide bonds. The van der Waals surface area contributed by atoms with Crippen molar-refractivity contribution in [1.29, 1.82) is 0 Å². The van der Waals surface area contributed by atoms with Gasteiger partial charge in [-0.1, -0.05) is 0 Å². The molecule has 62 valence electrons. The quantitative estimate of drug-likeness (QED) is 0.501. The summed E-state index contributed by atoms with van der Waals surface area (Å²) in [4.78, 5) is 2.33. The van der Waals surface area contributed by atoms with Gasteiger partial charge in [0.05, 0.1) is 19.5 Å². The van der Waals surface area contributed by atoms with Crippen molar-refractivity contribution in [3.63, 3.8) is 0 Å². The van der Waals surface area contributed by atoms with Gasteiger partial charge in [0.15, 0.2) is 12.6 Å². The summed E-state index contributed by atoms with van der Waals surface area (Å²) >= 11 is 0. The van der Waals surface area contributed by atoms with E-state index >= 15 is 0 Å². The second kappa shape index (κ2) is 2.48. The van der Waals surface area contributed by atoms with Gasteiger partial charge < -0.3 is 5.11 Å². The first kappa shape index (κ1) is 7.10. The Bertz CT molecular complexity index is 200. The maximum absolute atomic E-state index is 9.43. The molecule has 0 saturated carbocycles. The summed E-state index contributed by atoms with van der Waals surface area (Å²) in [5.41, 5.74) is 0. The molecule has 2 heterocycles. The smallest absolute Gasteiger partial charge is 0.334 e. The Morgan fingerprint density at radius 2 is 2.45 bits per heavy atom. The second-order valence-electron chi connectivity index (χ2n) is 3.56. The second-order valence-corrected chi connectivity index (χ2v) is 3.56. The lowest BCUT2D eigenvalue weighted by molar-refractivity contribution is -0.575. The maximum atomic E-state index is 9.43. The van der Waals surface area contributed by atoms with E-state index in [1.54, 1.807) is 0 Å². The molecule has 1 atom stereocenters. The Morgan fingerprint density at radius 1 is 1.64 bits per heavy atom. The zero-order valence-electron chi connectivity index (χ0n) is 6.95. The molecule has 1 unspecified atom stereocenters. The molecule has 0 bridgehead atoms. The van der Waals surface area contributed by atoms with E-state index < -0.39 is 0 Å². The van der Waals surface area contributed by atoms with Crippen molar-refractivity contribution in [2.45, 2.75) is 18.9 Å². The topological polar surface area (TPSA) is 26.5 Å². The molecule has 2 aliphatic heterocycles. The molecular formula is C8H15N2O+. The van der Waals surface area contributed by atoms with Crippen LogP contribution in [-0.2, 0) is 0 Å². The van der Waals surface area contributed by atoms with Gasteiger partial charge in [0, 0.05) is 6.42 Å². The van der Waals surface area contributed by atoms with Crippen LogP contribution in [0.4, 0.5) is 0 Å². The number of hydrogen-bond acceptors (Lipinski definition) is 1. The average Bonchev–Trinajstić information content (AvgIpc) is 2.32. The Balaban J connectivity index is 2.14. The first-order valence-electron chi connectivity index (χ1n) is 4.27. The van der Waals surface area contributed by atoms with Crippen LogP contribution in [0, 0.1) is 0 Å². The molecule has 2 rings (SSSR count). The Hall–Kier alpha value is -0.570. The van der Waals surface area contributed by atoms with Gasteiger partial charge >= 0.3 is 5.90 Å². The van der Waals surface area contributed by atoms with Crippen molar-refractivity contribution in [3.8, 4) is 0 Å². The molecule has 0 aliphatic carbocycles. The zero-order valence-corrected chi connectivity index (χ0v) is 6.95. The van der Waals surface area contributed by atoms with E-state index in [1.165, 1.54) is 0 Å². The van der Waals surface area contributed by atoms with Gasteiger partial charge in [-0.3, -0.25) is 4.90 Å². The fraction of sp³-hybridized carbons (Fsp3) is 0.875. The van der Waals surface area contributed by atoms with Crippen molar-refractivity contribution in [3.05, 3.63) is 0 Å². The third-order valence-electron chi connectivity index (χ3n) is 2.72. The van der Waals surface area contributed by atoms with Crippen LogP contribution in [0.25, 0.3) is 0 Å². The predicted octanol–water partition coefficient (Wildman–Crippen LogP) is 0.0632. The third kappa shape index (κ3) is 1.13. The van der Waals surface area contributed by atoms with Crippen LogP contribution >= 0.6 is 0 Å². The number of hydrogen-bond donors (Lipinski definition) is 1. The molecule has 0 aromatic rings. The van der Waals surface area contributed by atoms with Gasteiger partial charge in [-0.25, -0.2) is 0 Å². The minimum atomic E-state index is 0.591. The summed E-state index contributed by atoms with van der Waals surface area (Å²) in [6, 6.07) is 0.591. The molecule has 0 aromatic carbocycles. The predicted molar refractivity (Wildman–Crippen MR) is 43.3 cm³/mol. The highest BCUT2D eigenvalue weighted by Gasteiger charge is 2.36. The molecule has 0 spiro atoms. The van der Waals surface area contributed by atoms with E-state index in [0.29, 0.717) is 11.9 Å². The third-order valence-corrected chi connectivity index (χ3v) is 2.72. The molecule has 1 saturated heterocycles. The van der Waals surface area contributed by atoms with E-state index in [9.17, 15) is 5.11 Å². The number of rotatable bonds is 0. The van der Waals surface area contributed by atoms with Gasteiger partial charge in [0.25, 0.3) is 0 Å². The van der Waals surface area contributed by atoms with Gasteiger partial charge in [0.1, 0.15) is 0 Å². The standard InChI is InChI=1S/C8H14N2O/c1-9-4-5-10-7(6-9)2-3-8(10)11/h7H,2-6H2,1H3/p+1. The van der Waals surface area contributed by atoms with Crippen molar-refractivity contribution in [2.75, 3.05) is 26.7 Å². The Labute approximate surface area is 66.9 Å². The lowest BCUT2D eigenvalue weighted by Crippen LogP contribution is -2.45. The lowest BCUT2D eigenvalue weighted by atomic mass is 10.1. The van der Waals surface area contributed by atoms with Crippen LogP contribution < -0.4 is 0 Å². The monoisotopic (exact) mass is 155 g/mol. The SMILES string of the molecule is CN1CC[N+]2=C(O)CCC2C1. The minimum absolute atomic E-state index is 0.591. The lowest BCUT2D eigenvalue weighted by Gasteiger charge is -2.24. The number of fused-ring (bicyclic) bond motifs is 1. The molecule has 1 fully saturated rings. The number of aliphatic hydroxyl groups is 1. The van der Waals surface area contributed by atoms with Crippen LogP contribution in [0.3, 0.4) is 0 Å². The first-order chi connectivity index (χ1) is 5.27. The zero-order chi connectivity index (χ0) is 7.84. The highest BCUT2D eigenvalue weighted by Crippen LogP contribution is 2.15. The molecule has 11 heavy (non-hydrogen) atoms. The Kier molecular flexibility index (Phi) is 1.60. The molecule has 0 aromatic heterocycles. The summed E-state index contributed by atoms with van der Waals surface area (Å²) < 4.78 is 2.15. The first-order valence-corrected chi connectivity index (χ1v) is 4.27. The average molecular weight is 155 g/mol. The van der Waals surface area contributed by atoms with Crippen LogP contribution in [0.5, 0.6) is 0 Å². The molecular weight excluding hydrogens is 140 g/mol. The summed E-state index contributed by atoms with van der Waals surface area (Å²) in [6.07, 6.45) is 2.02. The van der Waals surface area contributed by atoms with Crippen molar-refractivity contribution < 1.29 is 9.68 Å². The number of piperazine rings is 1. The summed E-state index contributed by atoms with van der Waals surface area (Å²) in [5.74, 6) is 0.614. The molecule has 3 nitrogen and oxygen atoms in total. The van der Waals surface area contributed by atoms with E-state index in [-0.39, 0.29) is 0 Å². The molecule has 2 aliphatic rings. The molecule has 1 N–H and O–H groups in total. The number of nitrogens with zero attached hydrogens (tertiary/aromatic N) is 2. The largest absolute Gasteiger partial charge is 0.464 e. The highest BCUT2D eigenvalue weighted by molar-refractivity contribution is 5.69. The molecule has 3 heteroatoms. The minimum Gasteiger partial charge on any atom is -0.464 e. The van der Waals surface area contributed by atoms with Gasteiger partial charge in [-0.05, 0) is 7.05 Å². The number of aliphatic hydroxyl groups excluding tert-OH is 1. The van der Waals surface area contributed by atoms with Crippen LogP contribution in [0.1, 0.15) is 12.8 Å². The van der Waals surface area contributed by atoms with E-state index in [4.69, 9.17) is 0 Å². The van der Waals surface area contributed by atoms with Crippen molar-refractivity contribution in [1.82, 2.24) is 4.90 Å². The summed E-state index contributed by atoms with van der Waals surface area (Å²) in [5, 5.41) is 9.43. The normalized spacial score (nSPS) is 32.6. The summed E-state index contributed by atoms with van der Waals surface area (Å²) in [6.45, 7) is 3.21. The van der Waals surface area contributed by atoms with Gasteiger partial charge in [-0.15, -0.1) is 0 Å². The fourth-order valence-corrected chi connectivity index (χ4v) is 2.04. The van der Waals surface area contributed by atoms with Crippen LogP contribution in [0.15, 0.2) is 0 Å². The molecule has 0 radical (unpaired) electrons. The maximum Gasteiger partial charge on any atom is 0.334 e. The fourth-order valence-electron chi connectivity index (χ4n) is 2.04. The summed E-state index contributed by atoms with van der Waals surface area (Å²) in [7, 11) is 2.15. The van der Waals surface area contributed by atoms with E-state index in [2.05, 4.69) is 16.5 Å². The number of likely N-dealkylation sites (N-methyl/N-ethyl adjacent to an activating group) is 1. The van der Waals surface area contributed by atoms with E-state index in [1.807, 2.05) is 0 Å². The van der Waals surface area contributed by atoms with Crippen LogP contribution in [0.2, 0.25) is 0 Å². The highest BCUT2D eigenvalue weighted by atomic mass is 16.3. The van der Waals surface area contributed by atoms with Crippen molar-refractivity contribution >= 4 is 5.90 Å². The van der Waals surface area contributed by atoms with Gasteiger partial charge in [0.2, 0.25) is 0 Å². The van der Waals surface area contributed by atoms with Crippen LogP contribution in [-0.4, -0.2) is 53.2 Å². The Morgan fingerprint density at radius 3 is 3.27 bits per heavy atom. The van der Waals surface area contributed by atoms with Crippen molar-refractivity contribution in [2.24, 2.45) is 0 Å². The van der Waals surface area contributed by atoms with E-state index in [0.717, 1.165) is 32.5 Å².